The molecule has 2 nitrogen and oxygen atoms in total. The van der Waals surface area contributed by atoms with E-state index >= 15 is 0 Å². The van der Waals surface area contributed by atoms with Gasteiger partial charge in [-0.1, -0.05) is 26.7 Å². The van der Waals surface area contributed by atoms with Gasteiger partial charge in [0, 0.05) is 21.8 Å². The lowest BCUT2D eigenvalue weighted by Crippen LogP contribution is -2.37. The first kappa shape index (κ1) is 13.2. The molecule has 0 amide bonds. The molecule has 0 spiro atoms. The molecule has 0 saturated heterocycles. The second-order valence-electron chi connectivity index (χ2n) is 4.89. The van der Waals surface area contributed by atoms with Crippen molar-refractivity contribution in [1.29, 1.82) is 0 Å². The summed E-state index contributed by atoms with van der Waals surface area (Å²) in [6, 6.07) is 0. The largest absolute Gasteiger partial charge is 0.330 e. The summed E-state index contributed by atoms with van der Waals surface area (Å²) in [4.78, 5) is 0. The Morgan fingerprint density at radius 1 is 1.40 bits per heavy atom. The average molecular weight is 231 g/mol. The molecule has 4 atom stereocenters. The van der Waals surface area contributed by atoms with Gasteiger partial charge in [0.1, 0.15) is 0 Å². The standard InChI is InChI=1S/C12H25NOS/c1-3-4-7-15(14)12-8-10(2)5-6-11(12)9-13/h10-12H,3-9,13H2,1-2H3. The maximum Gasteiger partial charge on any atom is 0.0390 e. The van der Waals surface area contributed by atoms with Crippen LogP contribution in [0.4, 0.5) is 0 Å². The highest BCUT2D eigenvalue weighted by atomic mass is 32.2. The molecule has 2 N–H and O–H groups in total. The van der Waals surface area contributed by atoms with Gasteiger partial charge < -0.3 is 5.73 Å². The van der Waals surface area contributed by atoms with Gasteiger partial charge in [-0.2, -0.15) is 0 Å². The van der Waals surface area contributed by atoms with E-state index in [0.29, 0.717) is 11.2 Å². The number of hydrogen-bond donors (Lipinski definition) is 1. The van der Waals surface area contributed by atoms with E-state index in [9.17, 15) is 4.21 Å². The fourth-order valence-corrected chi connectivity index (χ4v) is 4.52. The zero-order valence-electron chi connectivity index (χ0n) is 10.1. The molecule has 1 fully saturated rings. The van der Waals surface area contributed by atoms with Gasteiger partial charge in [-0.25, -0.2) is 0 Å². The van der Waals surface area contributed by atoms with E-state index in [1.807, 2.05) is 0 Å². The summed E-state index contributed by atoms with van der Waals surface area (Å²) >= 11 is 0. The van der Waals surface area contributed by atoms with Crippen molar-refractivity contribution in [2.75, 3.05) is 12.3 Å². The van der Waals surface area contributed by atoms with Crippen LogP contribution in [-0.2, 0) is 10.8 Å². The van der Waals surface area contributed by atoms with Gasteiger partial charge in [-0.05, 0) is 37.6 Å². The van der Waals surface area contributed by atoms with Crippen LogP contribution in [0.1, 0.15) is 46.0 Å². The average Bonchev–Trinajstić information content (AvgIpc) is 2.25. The Hall–Kier alpha value is 0.110. The topological polar surface area (TPSA) is 43.1 Å². The fraction of sp³-hybridized carbons (Fsp3) is 1.00. The molecule has 0 aromatic heterocycles. The SMILES string of the molecule is CCCCS(=O)C1CC(C)CCC1CN. The Kier molecular flexibility index (Phi) is 5.83. The van der Waals surface area contributed by atoms with Crippen LogP contribution in [0, 0.1) is 11.8 Å². The summed E-state index contributed by atoms with van der Waals surface area (Å²) in [5.41, 5.74) is 5.77. The van der Waals surface area contributed by atoms with Crippen LogP contribution < -0.4 is 5.73 Å². The van der Waals surface area contributed by atoms with Gasteiger partial charge >= 0.3 is 0 Å². The lowest BCUT2D eigenvalue weighted by Gasteiger charge is -2.33. The fourth-order valence-electron chi connectivity index (χ4n) is 2.42. The van der Waals surface area contributed by atoms with Crippen molar-refractivity contribution in [3.63, 3.8) is 0 Å². The zero-order chi connectivity index (χ0) is 11.3. The molecule has 3 heteroatoms. The Labute approximate surface area is 96.5 Å². The number of unbranched alkanes of at least 4 members (excludes halogenated alkanes) is 1. The van der Waals surface area contributed by atoms with Crippen molar-refractivity contribution in [3.8, 4) is 0 Å². The molecule has 1 aliphatic rings. The first-order valence-corrected chi connectivity index (χ1v) is 7.64. The predicted molar refractivity (Wildman–Crippen MR) is 67.3 cm³/mol. The summed E-state index contributed by atoms with van der Waals surface area (Å²) in [5, 5.41) is 0.380. The van der Waals surface area contributed by atoms with Crippen molar-refractivity contribution >= 4 is 10.8 Å². The maximum atomic E-state index is 12.1. The third kappa shape index (κ3) is 3.87. The second kappa shape index (κ2) is 6.64. The molecule has 15 heavy (non-hydrogen) atoms. The second-order valence-corrected chi connectivity index (χ2v) is 6.67. The lowest BCUT2D eigenvalue weighted by molar-refractivity contribution is 0.302. The smallest absolute Gasteiger partial charge is 0.0390 e. The van der Waals surface area contributed by atoms with Crippen LogP contribution in [-0.4, -0.2) is 21.8 Å². The van der Waals surface area contributed by atoms with Gasteiger partial charge in [0.25, 0.3) is 0 Å². The van der Waals surface area contributed by atoms with E-state index < -0.39 is 10.8 Å². The predicted octanol–water partition coefficient (Wildman–Crippen LogP) is 2.30. The Balaban J connectivity index is 2.50. The van der Waals surface area contributed by atoms with Crippen LogP contribution in [0.25, 0.3) is 0 Å². The zero-order valence-corrected chi connectivity index (χ0v) is 10.9. The van der Waals surface area contributed by atoms with E-state index in [1.165, 1.54) is 12.8 Å². The molecular weight excluding hydrogens is 206 g/mol. The highest BCUT2D eigenvalue weighted by Gasteiger charge is 2.31. The van der Waals surface area contributed by atoms with E-state index in [1.54, 1.807) is 0 Å². The van der Waals surface area contributed by atoms with Gasteiger partial charge in [0.15, 0.2) is 0 Å². The monoisotopic (exact) mass is 231 g/mol. The molecule has 90 valence electrons. The van der Waals surface area contributed by atoms with E-state index in [2.05, 4.69) is 13.8 Å². The molecule has 0 bridgehead atoms. The van der Waals surface area contributed by atoms with Crippen LogP contribution in [0.3, 0.4) is 0 Å². The van der Waals surface area contributed by atoms with Crippen LogP contribution in [0.15, 0.2) is 0 Å². The van der Waals surface area contributed by atoms with Crippen molar-refractivity contribution in [2.45, 2.75) is 51.2 Å². The summed E-state index contributed by atoms with van der Waals surface area (Å²) in [6.45, 7) is 5.15. The molecule has 1 saturated carbocycles. The quantitative estimate of drug-likeness (QED) is 0.789. The van der Waals surface area contributed by atoms with Crippen LogP contribution in [0.5, 0.6) is 0 Å². The molecule has 0 radical (unpaired) electrons. The minimum Gasteiger partial charge on any atom is -0.330 e. The Bertz CT molecular complexity index is 208. The van der Waals surface area contributed by atoms with E-state index in [4.69, 9.17) is 5.73 Å². The highest BCUT2D eigenvalue weighted by Crippen LogP contribution is 2.31. The Morgan fingerprint density at radius 2 is 2.13 bits per heavy atom. The third-order valence-corrected chi connectivity index (χ3v) is 5.47. The highest BCUT2D eigenvalue weighted by molar-refractivity contribution is 7.85. The number of hydrogen-bond acceptors (Lipinski definition) is 2. The molecule has 4 unspecified atom stereocenters. The lowest BCUT2D eigenvalue weighted by atomic mass is 9.82. The molecule has 0 aromatic carbocycles. The summed E-state index contributed by atoms with van der Waals surface area (Å²) in [5.74, 6) is 2.13. The maximum absolute atomic E-state index is 12.1. The van der Waals surface area contributed by atoms with Crippen molar-refractivity contribution < 1.29 is 4.21 Å². The van der Waals surface area contributed by atoms with Crippen molar-refractivity contribution in [1.82, 2.24) is 0 Å². The minimum atomic E-state index is -0.637. The first-order valence-electron chi connectivity index (χ1n) is 6.26. The molecule has 1 rings (SSSR count). The number of nitrogens with two attached hydrogens (primary N) is 1. The van der Waals surface area contributed by atoms with E-state index in [-0.39, 0.29) is 0 Å². The van der Waals surface area contributed by atoms with Crippen molar-refractivity contribution in [3.05, 3.63) is 0 Å². The molecule has 0 aliphatic heterocycles. The third-order valence-electron chi connectivity index (χ3n) is 3.53. The van der Waals surface area contributed by atoms with Crippen LogP contribution in [0.2, 0.25) is 0 Å². The number of rotatable bonds is 5. The molecular formula is C12H25NOS. The summed E-state index contributed by atoms with van der Waals surface area (Å²) in [6.07, 6.45) is 5.80. The minimum absolute atomic E-state index is 0.380. The normalized spacial score (nSPS) is 33.9. The van der Waals surface area contributed by atoms with Crippen molar-refractivity contribution in [2.24, 2.45) is 17.6 Å². The molecule has 0 aromatic rings. The molecule has 0 heterocycles. The molecule has 1 aliphatic carbocycles. The van der Waals surface area contributed by atoms with Gasteiger partial charge in [0.2, 0.25) is 0 Å². The first-order chi connectivity index (χ1) is 7.19. The summed E-state index contributed by atoms with van der Waals surface area (Å²) < 4.78 is 12.1. The van der Waals surface area contributed by atoms with E-state index in [0.717, 1.165) is 37.5 Å². The van der Waals surface area contributed by atoms with Gasteiger partial charge in [0.05, 0.1) is 0 Å². The van der Waals surface area contributed by atoms with Gasteiger partial charge in [-0.3, -0.25) is 4.21 Å². The van der Waals surface area contributed by atoms with Gasteiger partial charge in [-0.15, -0.1) is 0 Å². The Morgan fingerprint density at radius 3 is 2.73 bits per heavy atom. The van der Waals surface area contributed by atoms with Crippen LogP contribution >= 0.6 is 0 Å². The summed E-state index contributed by atoms with van der Waals surface area (Å²) in [7, 11) is -0.637.